The van der Waals surface area contributed by atoms with Gasteiger partial charge in [-0.25, -0.2) is 4.98 Å². The number of aromatic nitrogens is 1. The SMILES string of the molecule is CN=C(NCCCOCC1CCOCC1)NCc1cccnc1OC1CCCC1.I. The van der Waals surface area contributed by atoms with Gasteiger partial charge in [0.05, 0.1) is 0 Å². The van der Waals surface area contributed by atoms with Crippen LogP contribution in [0.4, 0.5) is 0 Å². The van der Waals surface area contributed by atoms with Crippen LogP contribution in [0, 0.1) is 5.92 Å². The first-order chi connectivity index (χ1) is 14.3. The standard InChI is InChI=1S/C22H36N4O3.HI/c1-23-22(25-12-5-13-28-17-18-9-14-27-15-10-18)26-16-19-6-4-11-24-21(19)29-20-7-2-3-8-20;/h4,6,11,18,20H,2-3,5,7-10,12-17H2,1H3,(H2,23,25,26);1H. The molecule has 0 unspecified atom stereocenters. The fourth-order valence-electron chi connectivity index (χ4n) is 3.77. The summed E-state index contributed by atoms with van der Waals surface area (Å²) in [6, 6.07) is 4.01. The second-order valence-corrected chi connectivity index (χ2v) is 7.83. The van der Waals surface area contributed by atoms with E-state index in [1.54, 1.807) is 13.2 Å². The number of aliphatic imine (C=N–C) groups is 1. The summed E-state index contributed by atoms with van der Waals surface area (Å²) < 4.78 is 17.3. The van der Waals surface area contributed by atoms with E-state index in [0.717, 1.165) is 82.5 Å². The molecule has 1 saturated heterocycles. The number of hydrogen-bond acceptors (Lipinski definition) is 5. The van der Waals surface area contributed by atoms with Crippen molar-refractivity contribution in [3.63, 3.8) is 0 Å². The molecule has 2 N–H and O–H groups in total. The van der Waals surface area contributed by atoms with Gasteiger partial charge in [-0.05, 0) is 56.9 Å². The average Bonchev–Trinajstić information content (AvgIpc) is 3.27. The van der Waals surface area contributed by atoms with Crippen molar-refractivity contribution in [3.05, 3.63) is 23.9 Å². The Bertz CT molecular complexity index is 620. The molecule has 0 amide bonds. The fourth-order valence-corrected chi connectivity index (χ4v) is 3.77. The minimum absolute atomic E-state index is 0. The Kier molecular flexibility index (Phi) is 12.4. The Morgan fingerprint density at radius 1 is 1.20 bits per heavy atom. The van der Waals surface area contributed by atoms with Gasteiger partial charge in [0.1, 0.15) is 6.10 Å². The highest BCUT2D eigenvalue weighted by molar-refractivity contribution is 14.0. The molecular formula is C22H37IN4O3. The van der Waals surface area contributed by atoms with Gasteiger partial charge in [-0.1, -0.05) is 6.07 Å². The number of ether oxygens (including phenoxy) is 3. The van der Waals surface area contributed by atoms with Crippen molar-refractivity contribution in [3.8, 4) is 5.88 Å². The Morgan fingerprint density at radius 3 is 2.77 bits per heavy atom. The molecule has 1 aliphatic heterocycles. The zero-order chi connectivity index (χ0) is 20.2. The second-order valence-electron chi connectivity index (χ2n) is 7.83. The Balaban J connectivity index is 0.00000320. The van der Waals surface area contributed by atoms with Crippen molar-refractivity contribution < 1.29 is 14.2 Å². The summed E-state index contributed by atoms with van der Waals surface area (Å²) in [5, 5.41) is 6.71. The van der Waals surface area contributed by atoms with E-state index in [2.05, 4.69) is 26.7 Å². The number of nitrogens with zero attached hydrogens (tertiary/aromatic N) is 2. The Labute approximate surface area is 197 Å². The Hall–Kier alpha value is -1.13. The lowest BCUT2D eigenvalue weighted by Crippen LogP contribution is -2.37. The molecule has 0 aromatic carbocycles. The second kappa shape index (κ2) is 14.8. The summed E-state index contributed by atoms with van der Waals surface area (Å²) in [6.07, 6.45) is 10.1. The topological polar surface area (TPSA) is 77.0 Å². The third-order valence-corrected chi connectivity index (χ3v) is 5.55. The lowest BCUT2D eigenvalue weighted by Gasteiger charge is -2.21. The van der Waals surface area contributed by atoms with Crippen LogP contribution in [0.5, 0.6) is 5.88 Å². The summed E-state index contributed by atoms with van der Waals surface area (Å²) in [6.45, 7) is 4.83. The van der Waals surface area contributed by atoms with Crippen LogP contribution in [-0.4, -0.2) is 57.1 Å². The highest BCUT2D eigenvalue weighted by Crippen LogP contribution is 2.24. The molecule has 1 aliphatic carbocycles. The Morgan fingerprint density at radius 2 is 2.00 bits per heavy atom. The van der Waals surface area contributed by atoms with E-state index >= 15 is 0 Å². The molecule has 0 spiro atoms. The van der Waals surface area contributed by atoms with E-state index < -0.39 is 0 Å². The van der Waals surface area contributed by atoms with Gasteiger partial charge >= 0.3 is 0 Å². The minimum atomic E-state index is 0. The molecule has 1 saturated carbocycles. The van der Waals surface area contributed by atoms with Crippen LogP contribution in [0.3, 0.4) is 0 Å². The third kappa shape index (κ3) is 8.93. The maximum absolute atomic E-state index is 6.11. The molecule has 0 atom stereocenters. The van der Waals surface area contributed by atoms with Gasteiger partial charge in [-0.2, -0.15) is 0 Å². The number of nitrogens with one attached hydrogen (secondary N) is 2. The van der Waals surface area contributed by atoms with Crippen molar-refractivity contribution in [2.75, 3.05) is 40.0 Å². The predicted molar refractivity (Wildman–Crippen MR) is 130 cm³/mol. The lowest BCUT2D eigenvalue weighted by molar-refractivity contribution is 0.0203. The number of halogens is 1. The lowest BCUT2D eigenvalue weighted by atomic mass is 10.0. The van der Waals surface area contributed by atoms with Crippen molar-refractivity contribution in [2.45, 2.75) is 57.6 Å². The van der Waals surface area contributed by atoms with Gasteiger partial charge in [-0.15, -0.1) is 24.0 Å². The molecule has 1 aromatic heterocycles. The van der Waals surface area contributed by atoms with Gasteiger partial charge in [0.25, 0.3) is 0 Å². The maximum atomic E-state index is 6.11. The summed E-state index contributed by atoms with van der Waals surface area (Å²) in [4.78, 5) is 8.74. The van der Waals surface area contributed by atoms with Crippen LogP contribution < -0.4 is 15.4 Å². The number of hydrogen-bond donors (Lipinski definition) is 2. The fraction of sp³-hybridized carbons (Fsp3) is 0.727. The highest BCUT2D eigenvalue weighted by Gasteiger charge is 2.18. The number of pyridine rings is 1. The van der Waals surface area contributed by atoms with Crippen LogP contribution in [0.15, 0.2) is 23.3 Å². The first-order valence-electron chi connectivity index (χ1n) is 11.1. The zero-order valence-corrected chi connectivity index (χ0v) is 20.4. The molecule has 2 fully saturated rings. The predicted octanol–water partition coefficient (Wildman–Crippen LogP) is 3.52. The maximum Gasteiger partial charge on any atom is 0.218 e. The molecule has 2 heterocycles. The van der Waals surface area contributed by atoms with Crippen molar-refractivity contribution in [2.24, 2.45) is 10.9 Å². The van der Waals surface area contributed by atoms with E-state index in [-0.39, 0.29) is 24.0 Å². The zero-order valence-electron chi connectivity index (χ0n) is 18.1. The summed E-state index contributed by atoms with van der Waals surface area (Å²) in [7, 11) is 1.79. The van der Waals surface area contributed by atoms with Crippen LogP contribution in [0.1, 0.15) is 50.5 Å². The summed E-state index contributed by atoms with van der Waals surface area (Å²) in [5.41, 5.74) is 1.06. The molecule has 0 radical (unpaired) electrons. The van der Waals surface area contributed by atoms with Crippen molar-refractivity contribution >= 4 is 29.9 Å². The number of guanidine groups is 1. The van der Waals surface area contributed by atoms with Gasteiger partial charge in [0, 0.05) is 58.3 Å². The van der Waals surface area contributed by atoms with Crippen molar-refractivity contribution in [1.29, 1.82) is 0 Å². The first kappa shape index (κ1) is 25.1. The number of rotatable bonds is 10. The molecular weight excluding hydrogens is 495 g/mol. The van der Waals surface area contributed by atoms with E-state index in [1.165, 1.54) is 12.8 Å². The van der Waals surface area contributed by atoms with Gasteiger partial charge < -0.3 is 24.8 Å². The monoisotopic (exact) mass is 532 g/mol. The van der Waals surface area contributed by atoms with Crippen LogP contribution in [0.25, 0.3) is 0 Å². The van der Waals surface area contributed by atoms with E-state index in [0.29, 0.717) is 18.6 Å². The summed E-state index contributed by atoms with van der Waals surface area (Å²) >= 11 is 0. The smallest absolute Gasteiger partial charge is 0.218 e. The molecule has 1 aromatic rings. The van der Waals surface area contributed by atoms with Crippen LogP contribution in [0.2, 0.25) is 0 Å². The molecule has 0 bridgehead atoms. The molecule has 3 rings (SSSR count). The normalized spacial score (nSPS) is 18.1. The highest BCUT2D eigenvalue weighted by atomic mass is 127. The quantitative estimate of drug-likeness (QED) is 0.208. The molecule has 7 nitrogen and oxygen atoms in total. The van der Waals surface area contributed by atoms with E-state index in [9.17, 15) is 0 Å². The van der Waals surface area contributed by atoms with Gasteiger partial charge in [0.2, 0.25) is 5.88 Å². The van der Waals surface area contributed by atoms with E-state index in [4.69, 9.17) is 14.2 Å². The molecule has 2 aliphatic rings. The van der Waals surface area contributed by atoms with Crippen LogP contribution in [-0.2, 0) is 16.0 Å². The van der Waals surface area contributed by atoms with Crippen molar-refractivity contribution in [1.82, 2.24) is 15.6 Å². The van der Waals surface area contributed by atoms with E-state index in [1.807, 2.05) is 6.07 Å². The minimum Gasteiger partial charge on any atom is -0.474 e. The largest absolute Gasteiger partial charge is 0.474 e. The molecule has 170 valence electrons. The summed E-state index contributed by atoms with van der Waals surface area (Å²) in [5.74, 6) is 2.18. The molecule has 30 heavy (non-hydrogen) atoms. The van der Waals surface area contributed by atoms with Gasteiger partial charge in [-0.3, -0.25) is 4.99 Å². The first-order valence-corrected chi connectivity index (χ1v) is 11.1. The van der Waals surface area contributed by atoms with Crippen LogP contribution >= 0.6 is 24.0 Å². The van der Waals surface area contributed by atoms with Gasteiger partial charge in [0.15, 0.2) is 5.96 Å². The third-order valence-electron chi connectivity index (χ3n) is 5.55. The average molecular weight is 532 g/mol. The molecule has 8 heteroatoms.